The maximum atomic E-state index is 13.0. The van der Waals surface area contributed by atoms with Crippen LogP contribution >= 0.6 is 0 Å². The molecule has 1 aromatic heterocycles. The Bertz CT molecular complexity index is 506. The summed E-state index contributed by atoms with van der Waals surface area (Å²) in [6, 6.07) is 11.1. The van der Waals surface area contributed by atoms with Crippen LogP contribution in [0.3, 0.4) is 0 Å². The number of aromatic nitrogens is 1. The summed E-state index contributed by atoms with van der Waals surface area (Å²) in [6.45, 7) is 2.13. The number of hydrogen-bond acceptors (Lipinski definition) is 2. The van der Waals surface area contributed by atoms with Crippen LogP contribution in [0.4, 0.5) is 4.39 Å². The van der Waals surface area contributed by atoms with Gasteiger partial charge in [-0.2, -0.15) is 0 Å². The highest BCUT2D eigenvalue weighted by Crippen LogP contribution is 2.33. The number of hydrogen-bond donors (Lipinski definition) is 2. The van der Waals surface area contributed by atoms with Crippen molar-refractivity contribution in [3.8, 4) is 0 Å². The molecule has 0 radical (unpaired) electrons. The summed E-state index contributed by atoms with van der Waals surface area (Å²) >= 11 is 0. The van der Waals surface area contributed by atoms with Gasteiger partial charge in [-0.1, -0.05) is 12.1 Å². The summed E-state index contributed by atoms with van der Waals surface area (Å²) in [5.41, 5.74) is 7.69. The molecule has 94 valence electrons. The Hall–Kier alpha value is -1.65. The van der Waals surface area contributed by atoms with Crippen LogP contribution in [-0.4, -0.2) is 10.6 Å². The van der Waals surface area contributed by atoms with E-state index in [1.165, 1.54) is 12.1 Å². The molecule has 1 aliphatic rings. The fourth-order valence-corrected chi connectivity index (χ4v) is 2.62. The standard InChI is InChI=1S/C14H16FN3/c1-10-13(11-4-6-12(15)7-5-11)14(17-16-10)18-8-2-3-9-18/h2-10,13-14,16-17H,1H3. The Balaban J connectivity index is 1.94. The lowest BCUT2D eigenvalue weighted by molar-refractivity contribution is 0.410. The van der Waals surface area contributed by atoms with Crippen molar-refractivity contribution in [2.45, 2.75) is 25.0 Å². The van der Waals surface area contributed by atoms with Crippen molar-refractivity contribution in [2.75, 3.05) is 0 Å². The summed E-state index contributed by atoms with van der Waals surface area (Å²) in [5.74, 6) is 0.0841. The van der Waals surface area contributed by atoms with Crippen molar-refractivity contribution in [2.24, 2.45) is 0 Å². The molecule has 3 unspecified atom stereocenters. The van der Waals surface area contributed by atoms with E-state index >= 15 is 0 Å². The summed E-state index contributed by atoms with van der Waals surface area (Å²) in [6.07, 6.45) is 4.22. The van der Waals surface area contributed by atoms with E-state index in [1.54, 1.807) is 0 Å². The van der Waals surface area contributed by atoms with Crippen molar-refractivity contribution in [3.05, 3.63) is 60.2 Å². The third-order valence-corrected chi connectivity index (χ3v) is 3.54. The van der Waals surface area contributed by atoms with Gasteiger partial charge in [0.2, 0.25) is 0 Å². The SMILES string of the molecule is CC1NNC(n2cccc2)C1c1ccc(F)cc1. The van der Waals surface area contributed by atoms with Crippen LogP contribution in [0, 0.1) is 5.82 Å². The van der Waals surface area contributed by atoms with E-state index in [0.717, 1.165) is 5.56 Å². The van der Waals surface area contributed by atoms with E-state index in [2.05, 4.69) is 22.3 Å². The molecule has 2 aromatic rings. The van der Waals surface area contributed by atoms with E-state index < -0.39 is 0 Å². The molecular formula is C14H16FN3. The first kappa shape index (κ1) is 11.4. The Morgan fingerprint density at radius 3 is 2.39 bits per heavy atom. The Kier molecular flexibility index (Phi) is 2.89. The summed E-state index contributed by atoms with van der Waals surface area (Å²) in [5, 5.41) is 0. The normalized spacial score (nSPS) is 27.6. The second kappa shape index (κ2) is 4.55. The predicted molar refractivity (Wildman–Crippen MR) is 68.3 cm³/mol. The zero-order valence-electron chi connectivity index (χ0n) is 10.2. The number of rotatable bonds is 2. The minimum Gasteiger partial charge on any atom is -0.337 e. The monoisotopic (exact) mass is 245 g/mol. The van der Waals surface area contributed by atoms with Gasteiger partial charge in [0.25, 0.3) is 0 Å². The van der Waals surface area contributed by atoms with Crippen LogP contribution in [0.5, 0.6) is 0 Å². The van der Waals surface area contributed by atoms with Gasteiger partial charge in [0.15, 0.2) is 0 Å². The molecule has 0 amide bonds. The van der Waals surface area contributed by atoms with Gasteiger partial charge >= 0.3 is 0 Å². The minimum absolute atomic E-state index is 0.153. The van der Waals surface area contributed by atoms with Gasteiger partial charge in [0, 0.05) is 24.4 Å². The Morgan fingerprint density at radius 1 is 1.06 bits per heavy atom. The van der Waals surface area contributed by atoms with E-state index in [4.69, 9.17) is 0 Å². The van der Waals surface area contributed by atoms with E-state index in [0.29, 0.717) is 6.04 Å². The number of benzene rings is 1. The molecule has 0 spiro atoms. The third-order valence-electron chi connectivity index (χ3n) is 3.54. The van der Waals surface area contributed by atoms with Gasteiger partial charge in [-0.3, -0.25) is 5.43 Å². The Labute approximate surface area is 106 Å². The summed E-state index contributed by atoms with van der Waals surface area (Å²) < 4.78 is 15.1. The highest BCUT2D eigenvalue weighted by molar-refractivity contribution is 5.24. The van der Waals surface area contributed by atoms with Crippen LogP contribution in [0.25, 0.3) is 0 Å². The molecule has 1 aromatic carbocycles. The zero-order chi connectivity index (χ0) is 12.5. The predicted octanol–water partition coefficient (Wildman–Crippen LogP) is 2.41. The fraction of sp³-hybridized carbons (Fsp3) is 0.286. The van der Waals surface area contributed by atoms with Crippen molar-refractivity contribution < 1.29 is 4.39 Å². The zero-order valence-corrected chi connectivity index (χ0v) is 10.2. The molecule has 0 aliphatic carbocycles. The largest absolute Gasteiger partial charge is 0.337 e. The lowest BCUT2D eigenvalue weighted by Crippen LogP contribution is -2.30. The molecule has 18 heavy (non-hydrogen) atoms. The minimum atomic E-state index is -0.192. The van der Waals surface area contributed by atoms with Gasteiger partial charge in [-0.25, -0.2) is 9.82 Å². The fourth-order valence-electron chi connectivity index (χ4n) is 2.62. The average Bonchev–Trinajstić information content (AvgIpc) is 2.99. The first-order chi connectivity index (χ1) is 8.75. The van der Waals surface area contributed by atoms with Crippen LogP contribution in [-0.2, 0) is 0 Å². The third kappa shape index (κ3) is 1.94. The van der Waals surface area contributed by atoms with Gasteiger partial charge in [-0.05, 0) is 36.8 Å². The molecule has 2 N–H and O–H groups in total. The average molecular weight is 245 g/mol. The second-order valence-electron chi connectivity index (χ2n) is 4.73. The van der Waals surface area contributed by atoms with Gasteiger partial charge in [0.1, 0.15) is 12.0 Å². The van der Waals surface area contributed by atoms with Crippen molar-refractivity contribution in [3.63, 3.8) is 0 Å². The first-order valence-electron chi connectivity index (χ1n) is 6.14. The first-order valence-corrected chi connectivity index (χ1v) is 6.14. The molecule has 4 heteroatoms. The Morgan fingerprint density at radius 2 is 1.72 bits per heavy atom. The number of hydrazine groups is 1. The molecule has 1 aliphatic heterocycles. The van der Waals surface area contributed by atoms with Crippen molar-refractivity contribution in [1.29, 1.82) is 0 Å². The molecule has 0 bridgehead atoms. The molecule has 3 nitrogen and oxygen atoms in total. The summed E-state index contributed by atoms with van der Waals surface area (Å²) in [7, 11) is 0. The molecule has 0 saturated carbocycles. The molecular weight excluding hydrogens is 229 g/mol. The molecule has 2 heterocycles. The number of nitrogens with zero attached hydrogens (tertiary/aromatic N) is 1. The van der Waals surface area contributed by atoms with Crippen molar-refractivity contribution >= 4 is 0 Å². The van der Waals surface area contributed by atoms with E-state index in [9.17, 15) is 4.39 Å². The van der Waals surface area contributed by atoms with Crippen LogP contribution in [0.1, 0.15) is 24.6 Å². The van der Waals surface area contributed by atoms with Crippen LogP contribution in [0.15, 0.2) is 48.8 Å². The molecule has 3 atom stereocenters. The number of halogens is 1. The van der Waals surface area contributed by atoms with Gasteiger partial charge in [-0.15, -0.1) is 0 Å². The van der Waals surface area contributed by atoms with Gasteiger partial charge in [0.05, 0.1) is 0 Å². The smallest absolute Gasteiger partial charge is 0.123 e. The summed E-state index contributed by atoms with van der Waals surface area (Å²) in [4.78, 5) is 0. The van der Waals surface area contributed by atoms with E-state index in [-0.39, 0.29) is 17.9 Å². The second-order valence-corrected chi connectivity index (χ2v) is 4.73. The topological polar surface area (TPSA) is 29.0 Å². The molecule has 1 saturated heterocycles. The van der Waals surface area contributed by atoms with E-state index in [1.807, 2.05) is 36.7 Å². The maximum Gasteiger partial charge on any atom is 0.123 e. The lowest BCUT2D eigenvalue weighted by atomic mass is 9.91. The lowest BCUT2D eigenvalue weighted by Gasteiger charge is -2.22. The van der Waals surface area contributed by atoms with Gasteiger partial charge < -0.3 is 4.57 Å². The van der Waals surface area contributed by atoms with Crippen molar-refractivity contribution in [1.82, 2.24) is 15.4 Å². The highest BCUT2D eigenvalue weighted by atomic mass is 19.1. The molecule has 3 rings (SSSR count). The van der Waals surface area contributed by atoms with Crippen LogP contribution in [0.2, 0.25) is 0 Å². The maximum absolute atomic E-state index is 13.0. The molecule has 1 fully saturated rings. The number of nitrogens with one attached hydrogen (secondary N) is 2. The van der Waals surface area contributed by atoms with Crippen LogP contribution < -0.4 is 10.9 Å². The quantitative estimate of drug-likeness (QED) is 0.850. The highest BCUT2D eigenvalue weighted by Gasteiger charge is 2.34.